The van der Waals surface area contributed by atoms with E-state index in [0.29, 0.717) is 17.8 Å². The van der Waals surface area contributed by atoms with Gasteiger partial charge in [0.05, 0.1) is 5.25 Å². The molecule has 2 aliphatic rings. The minimum absolute atomic E-state index is 0.0177. The highest BCUT2D eigenvalue weighted by Crippen LogP contribution is 2.32. The summed E-state index contributed by atoms with van der Waals surface area (Å²) in [4.78, 5) is 14.7. The number of nitrogens with one attached hydrogen (secondary N) is 1. The minimum atomic E-state index is -3.34. The largest absolute Gasteiger partial charge is 0.308 e. The van der Waals surface area contributed by atoms with Crippen LogP contribution in [0.4, 0.5) is 11.4 Å². The highest BCUT2D eigenvalue weighted by Gasteiger charge is 2.29. The van der Waals surface area contributed by atoms with Gasteiger partial charge in [0.15, 0.2) is 0 Å². The van der Waals surface area contributed by atoms with Gasteiger partial charge in [0.1, 0.15) is 0 Å². The summed E-state index contributed by atoms with van der Waals surface area (Å²) in [6.07, 6.45) is 5.13. The van der Waals surface area contributed by atoms with Crippen LogP contribution in [0.2, 0.25) is 0 Å². The standard InChI is InChI=1S/C21H24N2O3S/c24-21(16-7-2-1-3-8-16)23-14-6-9-17-15-18(12-13-20(17)23)22-27(25,26)19-10-4-5-11-19/h1-3,7-8,12-13,15,19,22H,4-6,9-11,14H2. The summed E-state index contributed by atoms with van der Waals surface area (Å²) < 4.78 is 27.9. The molecule has 0 aromatic heterocycles. The number of carbonyl (C=O) groups is 1. The zero-order chi connectivity index (χ0) is 18.9. The molecule has 1 N–H and O–H groups in total. The second-order valence-corrected chi connectivity index (χ2v) is 9.28. The SMILES string of the molecule is O=C(c1ccccc1)N1CCCc2cc(NS(=O)(=O)C3CCCC3)ccc21. The lowest BCUT2D eigenvalue weighted by molar-refractivity contribution is 0.0985. The van der Waals surface area contributed by atoms with Crippen molar-refractivity contribution in [2.45, 2.75) is 43.8 Å². The number of aryl methyl sites for hydroxylation is 1. The van der Waals surface area contributed by atoms with Crippen molar-refractivity contribution in [1.29, 1.82) is 0 Å². The Bertz CT molecular complexity index is 935. The van der Waals surface area contributed by atoms with E-state index in [4.69, 9.17) is 0 Å². The van der Waals surface area contributed by atoms with E-state index in [1.165, 1.54) is 0 Å². The molecule has 0 atom stereocenters. The molecule has 1 amide bonds. The van der Waals surface area contributed by atoms with E-state index in [0.717, 1.165) is 49.8 Å². The molecule has 1 heterocycles. The average molecular weight is 385 g/mol. The van der Waals surface area contributed by atoms with Gasteiger partial charge < -0.3 is 4.90 Å². The molecule has 0 radical (unpaired) electrons. The van der Waals surface area contributed by atoms with Crippen molar-refractivity contribution in [2.24, 2.45) is 0 Å². The first-order chi connectivity index (χ1) is 13.0. The van der Waals surface area contributed by atoms with Gasteiger partial charge in [-0.25, -0.2) is 8.42 Å². The lowest BCUT2D eigenvalue weighted by Crippen LogP contribution is -2.35. The van der Waals surface area contributed by atoms with Crippen LogP contribution in [-0.4, -0.2) is 26.1 Å². The third-order valence-electron chi connectivity index (χ3n) is 5.47. The van der Waals surface area contributed by atoms with Crippen LogP contribution in [-0.2, 0) is 16.4 Å². The van der Waals surface area contributed by atoms with Crippen LogP contribution in [0.25, 0.3) is 0 Å². The van der Waals surface area contributed by atoms with E-state index in [2.05, 4.69) is 4.72 Å². The van der Waals surface area contributed by atoms with E-state index < -0.39 is 10.0 Å². The summed E-state index contributed by atoms with van der Waals surface area (Å²) in [6.45, 7) is 0.674. The maximum absolute atomic E-state index is 12.9. The molecule has 1 aliphatic heterocycles. The first-order valence-corrected chi connectivity index (χ1v) is 11.1. The zero-order valence-electron chi connectivity index (χ0n) is 15.2. The molecular weight excluding hydrogens is 360 g/mol. The molecule has 1 saturated carbocycles. The molecule has 142 valence electrons. The molecule has 4 rings (SSSR count). The Kier molecular flexibility index (Phi) is 4.91. The Labute approximate surface area is 160 Å². The Morgan fingerprint density at radius 3 is 2.48 bits per heavy atom. The van der Waals surface area contributed by atoms with Gasteiger partial charge in [-0.1, -0.05) is 31.0 Å². The smallest absolute Gasteiger partial charge is 0.258 e. The number of benzene rings is 2. The normalized spacial score (nSPS) is 17.6. The van der Waals surface area contributed by atoms with E-state index in [9.17, 15) is 13.2 Å². The van der Waals surface area contributed by atoms with Crippen LogP contribution in [0.15, 0.2) is 48.5 Å². The summed E-state index contributed by atoms with van der Waals surface area (Å²) in [5, 5.41) is -0.287. The van der Waals surface area contributed by atoms with Crippen LogP contribution >= 0.6 is 0 Å². The number of sulfonamides is 1. The number of carbonyl (C=O) groups excluding carboxylic acids is 1. The summed E-state index contributed by atoms with van der Waals surface area (Å²) in [5.74, 6) is -0.0177. The van der Waals surface area contributed by atoms with Crippen LogP contribution in [0, 0.1) is 0 Å². The number of hydrogen-bond acceptors (Lipinski definition) is 3. The fourth-order valence-corrected chi connectivity index (χ4v) is 5.63. The molecule has 2 aromatic carbocycles. The molecule has 1 aliphatic carbocycles. The Morgan fingerprint density at radius 2 is 1.74 bits per heavy atom. The number of rotatable bonds is 4. The predicted octanol–water partition coefficient (Wildman–Crippen LogP) is 3.96. The van der Waals surface area contributed by atoms with Crippen molar-refractivity contribution in [3.05, 3.63) is 59.7 Å². The van der Waals surface area contributed by atoms with Crippen LogP contribution in [0.5, 0.6) is 0 Å². The van der Waals surface area contributed by atoms with Crippen molar-refractivity contribution in [3.63, 3.8) is 0 Å². The highest BCUT2D eigenvalue weighted by molar-refractivity contribution is 7.93. The molecule has 6 heteroatoms. The number of fused-ring (bicyclic) bond motifs is 1. The summed E-state index contributed by atoms with van der Waals surface area (Å²) in [5.41, 5.74) is 3.14. The maximum Gasteiger partial charge on any atom is 0.258 e. The van der Waals surface area contributed by atoms with Crippen molar-refractivity contribution >= 4 is 27.3 Å². The van der Waals surface area contributed by atoms with E-state index in [1.54, 1.807) is 11.0 Å². The van der Waals surface area contributed by atoms with Gasteiger partial charge in [-0.3, -0.25) is 9.52 Å². The quantitative estimate of drug-likeness (QED) is 0.867. The first kappa shape index (κ1) is 18.0. The molecule has 0 bridgehead atoms. The Balaban J connectivity index is 1.58. The van der Waals surface area contributed by atoms with Crippen molar-refractivity contribution < 1.29 is 13.2 Å². The van der Waals surface area contributed by atoms with Gasteiger partial charge in [-0.2, -0.15) is 0 Å². The lowest BCUT2D eigenvalue weighted by Gasteiger charge is -2.30. The highest BCUT2D eigenvalue weighted by atomic mass is 32.2. The predicted molar refractivity (Wildman–Crippen MR) is 108 cm³/mol. The van der Waals surface area contributed by atoms with Crippen LogP contribution in [0.3, 0.4) is 0 Å². The van der Waals surface area contributed by atoms with Gasteiger partial charge in [-0.05, 0) is 61.6 Å². The number of hydrogen-bond donors (Lipinski definition) is 1. The molecule has 5 nitrogen and oxygen atoms in total. The molecule has 0 saturated heterocycles. The van der Waals surface area contributed by atoms with Crippen LogP contribution < -0.4 is 9.62 Å². The fraction of sp³-hybridized carbons (Fsp3) is 0.381. The minimum Gasteiger partial charge on any atom is -0.308 e. The molecule has 27 heavy (non-hydrogen) atoms. The monoisotopic (exact) mass is 384 g/mol. The second-order valence-electron chi connectivity index (χ2n) is 7.32. The van der Waals surface area contributed by atoms with E-state index in [1.807, 2.05) is 42.5 Å². The summed E-state index contributed by atoms with van der Waals surface area (Å²) in [6, 6.07) is 14.8. The van der Waals surface area contributed by atoms with Gasteiger partial charge in [0.25, 0.3) is 5.91 Å². The Hall–Kier alpha value is -2.34. The molecule has 0 spiro atoms. The fourth-order valence-electron chi connectivity index (χ4n) is 4.05. The molecule has 0 unspecified atom stereocenters. The van der Waals surface area contributed by atoms with Crippen molar-refractivity contribution in [2.75, 3.05) is 16.2 Å². The van der Waals surface area contributed by atoms with Gasteiger partial charge >= 0.3 is 0 Å². The lowest BCUT2D eigenvalue weighted by atomic mass is 10.00. The zero-order valence-corrected chi connectivity index (χ0v) is 16.0. The summed E-state index contributed by atoms with van der Waals surface area (Å²) >= 11 is 0. The van der Waals surface area contributed by atoms with Crippen LogP contribution in [0.1, 0.15) is 48.0 Å². The average Bonchev–Trinajstić information content (AvgIpc) is 3.23. The number of anilines is 2. The third kappa shape index (κ3) is 3.72. The van der Waals surface area contributed by atoms with Crippen molar-refractivity contribution in [3.8, 4) is 0 Å². The summed E-state index contributed by atoms with van der Waals surface area (Å²) in [7, 11) is -3.34. The first-order valence-electron chi connectivity index (χ1n) is 9.56. The molecule has 2 aromatic rings. The molecular formula is C21H24N2O3S. The van der Waals surface area contributed by atoms with E-state index >= 15 is 0 Å². The topological polar surface area (TPSA) is 66.5 Å². The third-order valence-corrected chi connectivity index (χ3v) is 7.33. The van der Waals surface area contributed by atoms with Gasteiger partial charge in [0, 0.05) is 23.5 Å². The van der Waals surface area contributed by atoms with Gasteiger partial charge in [0.2, 0.25) is 10.0 Å². The Morgan fingerprint density at radius 1 is 1.00 bits per heavy atom. The maximum atomic E-state index is 12.9. The number of nitrogens with zero attached hydrogens (tertiary/aromatic N) is 1. The van der Waals surface area contributed by atoms with E-state index in [-0.39, 0.29) is 11.2 Å². The molecule has 1 fully saturated rings. The van der Waals surface area contributed by atoms with Crippen molar-refractivity contribution in [1.82, 2.24) is 0 Å². The number of amides is 1. The van der Waals surface area contributed by atoms with Gasteiger partial charge in [-0.15, -0.1) is 0 Å². The second kappa shape index (κ2) is 7.35.